The highest BCUT2D eigenvalue weighted by atomic mass is 32.2. The quantitative estimate of drug-likeness (QED) is 0.551. The van der Waals surface area contributed by atoms with Crippen LogP contribution in [0.15, 0.2) is 71.6 Å². The van der Waals surface area contributed by atoms with E-state index in [1.807, 2.05) is 42.5 Å². The summed E-state index contributed by atoms with van der Waals surface area (Å²) < 4.78 is 44.8. The largest absolute Gasteiger partial charge is 0.495 e. The first-order valence-electron chi connectivity index (χ1n) is 9.43. The summed E-state index contributed by atoms with van der Waals surface area (Å²) in [5, 5.41) is 0. The Bertz CT molecular complexity index is 1100. The summed E-state index contributed by atoms with van der Waals surface area (Å²) in [6, 6.07) is 20.0. The summed E-state index contributed by atoms with van der Waals surface area (Å²) in [7, 11) is 0.604. The number of sulfonamides is 1. The maximum Gasteiger partial charge on any atom is 0.262 e. The molecule has 0 aliphatic heterocycles. The number of nitrogens with one attached hydrogen (secondary N) is 1. The van der Waals surface area contributed by atoms with Gasteiger partial charge in [-0.3, -0.25) is 4.72 Å². The number of ether oxygens (including phenoxy) is 3. The number of anilines is 1. The summed E-state index contributed by atoms with van der Waals surface area (Å²) in [6.07, 6.45) is 1.43. The van der Waals surface area contributed by atoms with Crippen LogP contribution in [0.4, 0.5) is 5.69 Å². The van der Waals surface area contributed by atoms with E-state index in [0.717, 1.165) is 12.0 Å². The van der Waals surface area contributed by atoms with Gasteiger partial charge in [0, 0.05) is 6.07 Å². The van der Waals surface area contributed by atoms with Gasteiger partial charge in [0.15, 0.2) is 11.5 Å². The molecule has 3 rings (SSSR count). The molecule has 3 aromatic rings. The van der Waals surface area contributed by atoms with E-state index in [0.29, 0.717) is 29.4 Å². The van der Waals surface area contributed by atoms with E-state index in [9.17, 15) is 8.42 Å². The minimum absolute atomic E-state index is 0.0695. The number of methoxy groups -OCH3 is 3. The van der Waals surface area contributed by atoms with Crippen LogP contribution in [-0.2, 0) is 22.9 Å². The third-order valence-electron chi connectivity index (χ3n) is 4.76. The molecule has 158 valence electrons. The zero-order valence-electron chi connectivity index (χ0n) is 17.2. The molecule has 0 aromatic heterocycles. The molecule has 0 radical (unpaired) electrons. The summed E-state index contributed by atoms with van der Waals surface area (Å²) in [5.41, 5.74) is 2.46. The molecule has 0 bridgehead atoms. The lowest BCUT2D eigenvalue weighted by atomic mass is 10.0. The Labute approximate surface area is 177 Å². The predicted molar refractivity (Wildman–Crippen MR) is 117 cm³/mol. The molecule has 1 N–H and O–H groups in total. The fourth-order valence-electron chi connectivity index (χ4n) is 3.17. The lowest BCUT2D eigenvalue weighted by Gasteiger charge is -2.17. The summed E-state index contributed by atoms with van der Waals surface area (Å²) in [4.78, 5) is 0.0695. The Morgan fingerprint density at radius 1 is 0.733 bits per heavy atom. The molecule has 0 atom stereocenters. The van der Waals surface area contributed by atoms with Gasteiger partial charge in [-0.15, -0.1) is 0 Å². The fraction of sp³-hybridized carbons (Fsp3) is 0.217. The maximum absolute atomic E-state index is 13.1. The van der Waals surface area contributed by atoms with E-state index in [1.165, 1.54) is 39.0 Å². The Morgan fingerprint density at radius 2 is 1.43 bits per heavy atom. The second kappa shape index (κ2) is 9.54. The van der Waals surface area contributed by atoms with Gasteiger partial charge >= 0.3 is 0 Å². The van der Waals surface area contributed by atoms with Gasteiger partial charge in [-0.25, -0.2) is 8.42 Å². The van der Waals surface area contributed by atoms with Crippen LogP contribution < -0.4 is 18.9 Å². The average molecular weight is 428 g/mol. The third-order valence-corrected chi connectivity index (χ3v) is 6.11. The van der Waals surface area contributed by atoms with E-state index in [4.69, 9.17) is 14.2 Å². The van der Waals surface area contributed by atoms with Crippen molar-refractivity contribution in [3.8, 4) is 17.2 Å². The Balaban J connectivity index is 1.92. The topological polar surface area (TPSA) is 73.9 Å². The lowest BCUT2D eigenvalue weighted by molar-refractivity contribution is 0.354. The van der Waals surface area contributed by atoms with Gasteiger partial charge in [0.1, 0.15) is 5.75 Å². The first kappa shape index (κ1) is 21.5. The first-order valence-corrected chi connectivity index (χ1v) is 10.9. The van der Waals surface area contributed by atoms with E-state index in [2.05, 4.69) is 4.72 Å². The van der Waals surface area contributed by atoms with Crippen molar-refractivity contribution in [1.82, 2.24) is 0 Å². The van der Waals surface area contributed by atoms with Gasteiger partial charge in [-0.05, 0) is 42.2 Å². The van der Waals surface area contributed by atoms with Crippen LogP contribution in [0.3, 0.4) is 0 Å². The summed E-state index contributed by atoms with van der Waals surface area (Å²) in [5.74, 6) is 1.26. The number of benzene rings is 3. The van der Waals surface area contributed by atoms with Crippen molar-refractivity contribution in [2.45, 2.75) is 17.7 Å². The van der Waals surface area contributed by atoms with Crippen LogP contribution in [0.25, 0.3) is 0 Å². The van der Waals surface area contributed by atoms with Crippen LogP contribution >= 0.6 is 0 Å². The zero-order chi connectivity index (χ0) is 21.6. The second-order valence-corrected chi connectivity index (χ2v) is 8.28. The van der Waals surface area contributed by atoms with E-state index >= 15 is 0 Å². The molecular weight excluding hydrogens is 402 g/mol. The molecular formula is C23H25NO5S. The zero-order valence-corrected chi connectivity index (χ0v) is 18.0. The van der Waals surface area contributed by atoms with Gasteiger partial charge in [0.05, 0.1) is 31.9 Å². The highest BCUT2D eigenvalue weighted by Gasteiger charge is 2.21. The fourth-order valence-corrected chi connectivity index (χ4v) is 4.30. The summed E-state index contributed by atoms with van der Waals surface area (Å²) in [6.45, 7) is 0. The molecule has 0 spiro atoms. The first-order chi connectivity index (χ1) is 14.5. The van der Waals surface area contributed by atoms with Crippen molar-refractivity contribution < 1.29 is 22.6 Å². The Hall–Kier alpha value is -3.19. The van der Waals surface area contributed by atoms with Crippen LogP contribution in [0, 0.1) is 0 Å². The highest BCUT2D eigenvalue weighted by molar-refractivity contribution is 7.92. The van der Waals surface area contributed by atoms with Crippen LogP contribution in [-0.4, -0.2) is 29.7 Å². The smallest absolute Gasteiger partial charge is 0.262 e. The molecule has 6 nitrogen and oxygen atoms in total. The van der Waals surface area contributed by atoms with Crippen molar-refractivity contribution in [2.24, 2.45) is 0 Å². The van der Waals surface area contributed by atoms with Crippen molar-refractivity contribution in [1.29, 1.82) is 0 Å². The van der Waals surface area contributed by atoms with Crippen LogP contribution in [0.5, 0.6) is 17.2 Å². The average Bonchev–Trinajstić information content (AvgIpc) is 2.78. The third kappa shape index (κ3) is 4.86. The Kier molecular flexibility index (Phi) is 6.84. The van der Waals surface area contributed by atoms with Crippen molar-refractivity contribution in [2.75, 3.05) is 26.1 Å². The van der Waals surface area contributed by atoms with Gasteiger partial charge < -0.3 is 14.2 Å². The molecule has 3 aromatic carbocycles. The number of rotatable bonds is 9. The maximum atomic E-state index is 13.1. The summed E-state index contributed by atoms with van der Waals surface area (Å²) >= 11 is 0. The standard InChI is InChI=1S/C23H25NO5S/c1-27-20-15-14-19(16-22(20)29-3)30(25,26)24-23-18(10-7-11-21(23)28-2)13-12-17-8-5-4-6-9-17/h4-11,14-16,24H,12-13H2,1-3H3. The lowest BCUT2D eigenvalue weighted by Crippen LogP contribution is -2.15. The van der Waals surface area contributed by atoms with Crippen molar-refractivity contribution >= 4 is 15.7 Å². The molecule has 7 heteroatoms. The SMILES string of the molecule is COc1ccc(S(=O)(=O)Nc2c(CCc3ccccc3)cccc2OC)cc1OC. The van der Waals surface area contributed by atoms with Gasteiger partial charge in [0.2, 0.25) is 0 Å². The molecule has 0 fully saturated rings. The number of hydrogen-bond acceptors (Lipinski definition) is 5. The van der Waals surface area contributed by atoms with Gasteiger partial charge in [0.25, 0.3) is 10.0 Å². The second-order valence-electron chi connectivity index (χ2n) is 6.60. The molecule has 0 unspecified atom stereocenters. The van der Waals surface area contributed by atoms with Gasteiger partial charge in [-0.2, -0.15) is 0 Å². The highest BCUT2D eigenvalue weighted by Crippen LogP contribution is 2.34. The minimum Gasteiger partial charge on any atom is -0.495 e. The molecule has 0 aliphatic rings. The number of aryl methyl sites for hydroxylation is 2. The molecule has 30 heavy (non-hydrogen) atoms. The molecule has 0 saturated heterocycles. The molecule has 0 aliphatic carbocycles. The molecule has 0 amide bonds. The Morgan fingerprint density at radius 3 is 2.10 bits per heavy atom. The van der Waals surface area contributed by atoms with Crippen LogP contribution in [0.2, 0.25) is 0 Å². The van der Waals surface area contributed by atoms with Crippen LogP contribution in [0.1, 0.15) is 11.1 Å². The van der Waals surface area contributed by atoms with E-state index in [-0.39, 0.29) is 4.90 Å². The molecule has 0 saturated carbocycles. The minimum atomic E-state index is -3.87. The van der Waals surface area contributed by atoms with Crippen molar-refractivity contribution in [3.63, 3.8) is 0 Å². The molecule has 0 heterocycles. The van der Waals surface area contributed by atoms with E-state index < -0.39 is 10.0 Å². The van der Waals surface area contributed by atoms with E-state index in [1.54, 1.807) is 12.1 Å². The number of para-hydroxylation sites is 1. The predicted octanol–water partition coefficient (Wildman–Crippen LogP) is 4.30. The van der Waals surface area contributed by atoms with Crippen molar-refractivity contribution in [3.05, 3.63) is 77.9 Å². The monoisotopic (exact) mass is 427 g/mol. The van der Waals surface area contributed by atoms with Gasteiger partial charge in [-0.1, -0.05) is 42.5 Å². The normalized spacial score (nSPS) is 11.0. The number of hydrogen-bond donors (Lipinski definition) is 1.